The SMILES string of the molecule is COc1ccccc1N1CCN(C(=O)CCNc2cc(Cl)ccc2C)CC1. The number of nitrogens with zero attached hydrogens (tertiary/aromatic N) is 2. The lowest BCUT2D eigenvalue weighted by Gasteiger charge is -2.36. The van der Waals surface area contributed by atoms with Crippen LogP contribution in [0.2, 0.25) is 5.02 Å². The molecule has 0 aromatic heterocycles. The number of halogens is 1. The molecule has 0 unspecified atom stereocenters. The van der Waals surface area contributed by atoms with Gasteiger partial charge in [0.1, 0.15) is 5.75 Å². The van der Waals surface area contributed by atoms with Gasteiger partial charge in [0.2, 0.25) is 5.91 Å². The monoisotopic (exact) mass is 387 g/mol. The largest absolute Gasteiger partial charge is 0.495 e. The third kappa shape index (κ3) is 4.86. The van der Waals surface area contributed by atoms with Gasteiger partial charge in [0.25, 0.3) is 0 Å². The summed E-state index contributed by atoms with van der Waals surface area (Å²) in [5.41, 5.74) is 3.19. The zero-order valence-corrected chi connectivity index (χ0v) is 16.6. The number of hydrogen-bond donors (Lipinski definition) is 1. The molecule has 3 rings (SSSR count). The molecule has 1 aliphatic heterocycles. The first-order chi connectivity index (χ1) is 13.1. The van der Waals surface area contributed by atoms with E-state index in [2.05, 4.69) is 16.3 Å². The van der Waals surface area contributed by atoms with Crippen molar-refractivity contribution in [2.45, 2.75) is 13.3 Å². The molecule has 1 heterocycles. The number of piperazine rings is 1. The van der Waals surface area contributed by atoms with E-state index in [1.807, 2.05) is 48.2 Å². The van der Waals surface area contributed by atoms with Gasteiger partial charge in [-0.3, -0.25) is 4.79 Å². The molecule has 2 aromatic carbocycles. The van der Waals surface area contributed by atoms with E-state index >= 15 is 0 Å². The van der Waals surface area contributed by atoms with Gasteiger partial charge in [-0.1, -0.05) is 29.8 Å². The molecule has 0 saturated carbocycles. The Kier molecular flexibility index (Phi) is 6.45. The van der Waals surface area contributed by atoms with Gasteiger partial charge in [-0.2, -0.15) is 0 Å². The lowest BCUT2D eigenvalue weighted by atomic mass is 10.2. The van der Waals surface area contributed by atoms with E-state index in [1.165, 1.54) is 0 Å². The second-order valence-corrected chi connectivity index (χ2v) is 7.11. The molecule has 144 valence electrons. The Labute approximate surface area is 165 Å². The van der Waals surface area contributed by atoms with Gasteiger partial charge < -0.3 is 19.9 Å². The summed E-state index contributed by atoms with van der Waals surface area (Å²) in [6.45, 7) is 5.71. The van der Waals surface area contributed by atoms with Gasteiger partial charge in [-0.05, 0) is 36.8 Å². The van der Waals surface area contributed by atoms with Crippen molar-refractivity contribution in [3.63, 3.8) is 0 Å². The number of para-hydroxylation sites is 2. The maximum Gasteiger partial charge on any atom is 0.224 e. The highest BCUT2D eigenvalue weighted by molar-refractivity contribution is 6.30. The third-order valence-corrected chi connectivity index (χ3v) is 5.15. The molecule has 27 heavy (non-hydrogen) atoms. The number of ether oxygens (including phenoxy) is 1. The number of benzene rings is 2. The molecule has 0 bridgehead atoms. The molecular formula is C21H26ClN3O2. The van der Waals surface area contributed by atoms with Crippen LogP contribution in [-0.4, -0.2) is 50.6 Å². The first kappa shape index (κ1) is 19.4. The van der Waals surface area contributed by atoms with Crippen LogP contribution in [0.1, 0.15) is 12.0 Å². The van der Waals surface area contributed by atoms with E-state index < -0.39 is 0 Å². The molecule has 1 fully saturated rings. The van der Waals surface area contributed by atoms with Gasteiger partial charge in [0.05, 0.1) is 12.8 Å². The van der Waals surface area contributed by atoms with Gasteiger partial charge >= 0.3 is 0 Å². The summed E-state index contributed by atoms with van der Waals surface area (Å²) >= 11 is 6.04. The number of methoxy groups -OCH3 is 1. The summed E-state index contributed by atoms with van der Waals surface area (Å²) in [5, 5.41) is 4.01. The average molecular weight is 388 g/mol. The van der Waals surface area contributed by atoms with Crippen LogP contribution in [0.5, 0.6) is 5.75 Å². The molecule has 0 atom stereocenters. The molecule has 5 nitrogen and oxygen atoms in total. The fraction of sp³-hybridized carbons (Fsp3) is 0.381. The van der Waals surface area contributed by atoms with E-state index in [4.69, 9.17) is 16.3 Å². The van der Waals surface area contributed by atoms with Crippen molar-refractivity contribution < 1.29 is 9.53 Å². The summed E-state index contributed by atoms with van der Waals surface area (Å²) in [5.74, 6) is 1.06. The van der Waals surface area contributed by atoms with Crippen molar-refractivity contribution in [2.75, 3.05) is 50.1 Å². The van der Waals surface area contributed by atoms with Crippen LogP contribution in [0.15, 0.2) is 42.5 Å². The van der Waals surface area contributed by atoms with E-state index in [-0.39, 0.29) is 5.91 Å². The Hall–Kier alpha value is -2.40. The lowest BCUT2D eigenvalue weighted by Crippen LogP contribution is -2.49. The molecule has 2 aromatic rings. The van der Waals surface area contributed by atoms with Crippen LogP contribution in [0.3, 0.4) is 0 Å². The normalized spacial score (nSPS) is 14.2. The fourth-order valence-corrected chi connectivity index (χ4v) is 3.51. The molecule has 1 saturated heterocycles. The molecule has 0 spiro atoms. The zero-order chi connectivity index (χ0) is 19.2. The van der Waals surface area contributed by atoms with Gasteiger partial charge in [-0.25, -0.2) is 0 Å². The average Bonchev–Trinajstić information content (AvgIpc) is 2.70. The first-order valence-corrected chi connectivity index (χ1v) is 9.62. The van der Waals surface area contributed by atoms with E-state index in [9.17, 15) is 4.79 Å². The Morgan fingerprint density at radius 1 is 1.15 bits per heavy atom. The number of anilines is 2. The second kappa shape index (κ2) is 9.00. The van der Waals surface area contributed by atoms with Crippen molar-refractivity contribution in [2.24, 2.45) is 0 Å². The van der Waals surface area contributed by atoms with Crippen molar-refractivity contribution in [1.82, 2.24) is 4.90 Å². The van der Waals surface area contributed by atoms with Crippen molar-refractivity contribution >= 4 is 28.9 Å². The minimum absolute atomic E-state index is 0.182. The number of carbonyl (C=O) groups is 1. The molecule has 1 aliphatic rings. The van der Waals surface area contributed by atoms with E-state index in [1.54, 1.807) is 7.11 Å². The number of hydrogen-bond acceptors (Lipinski definition) is 4. The number of amides is 1. The zero-order valence-electron chi connectivity index (χ0n) is 15.9. The topological polar surface area (TPSA) is 44.8 Å². The smallest absolute Gasteiger partial charge is 0.224 e. The molecule has 6 heteroatoms. The van der Waals surface area contributed by atoms with E-state index in [0.29, 0.717) is 18.0 Å². The van der Waals surface area contributed by atoms with Crippen LogP contribution in [-0.2, 0) is 4.79 Å². The summed E-state index contributed by atoms with van der Waals surface area (Å²) < 4.78 is 5.45. The maximum absolute atomic E-state index is 12.5. The molecule has 0 radical (unpaired) electrons. The van der Waals surface area contributed by atoms with Crippen LogP contribution in [0, 0.1) is 6.92 Å². The van der Waals surface area contributed by atoms with Crippen LogP contribution < -0.4 is 15.0 Å². The van der Waals surface area contributed by atoms with Crippen LogP contribution in [0.25, 0.3) is 0 Å². The maximum atomic E-state index is 12.5. The molecule has 0 aliphatic carbocycles. The summed E-state index contributed by atoms with van der Waals surface area (Å²) in [6, 6.07) is 13.8. The van der Waals surface area contributed by atoms with Gasteiger partial charge in [-0.15, -0.1) is 0 Å². The minimum Gasteiger partial charge on any atom is -0.495 e. The molecule has 1 N–H and O–H groups in total. The number of rotatable bonds is 6. The van der Waals surface area contributed by atoms with Crippen molar-refractivity contribution in [3.8, 4) is 5.75 Å². The summed E-state index contributed by atoms with van der Waals surface area (Å²) in [4.78, 5) is 16.7. The van der Waals surface area contributed by atoms with Crippen LogP contribution >= 0.6 is 11.6 Å². The number of carbonyl (C=O) groups excluding carboxylic acids is 1. The highest BCUT2D eigenvalue weighted by Gasteiger charge is 2.22. The molecular weight excluding hydrogens is 362 g/mol. The second-order valence-electron chi connectivity index (χ2n) is 6.68. The number of aryl methyl sites for hydroxylation is 1. The highest BCUT2D eigenvalue weighted by Crippen LogP contribution is 2.28. The van der Waals surface area contributed by atoms with Crippen LogP contribution in [0.4, 0.5) is 11.4 Å². The van der Waals surface area contributed by atoms with Gasteiger partial charge in [0.15, 0.2) is 0 Å². The van der Waals surface area contributed by atoms with E-state index in [0.717, 1.165) is 48.9 Å². The standard InChI is InChI=1S/C21H26ClN3O2/c1-16-7-8-17(22)15-18(16)23-10-9-21(26)25-13-11-24(12-14-25)19-5-3-4-6-20(19)27-2/h3-8,15,23H,9-14H2,1-2H3. The van der Waals surface area contributed by atoms with Crippen molar-refractivity contribution in [1.29, 1.82) is 0 Å². The predicted octanol–water partition coefficient (Wildman–Crippen LogP) is 3.81. The third-order valence-electron chi connectivity index (χ3n) is 4.91. The molecule has 1 amide bonds. The fourth-order valence-electron chi connectivity index (χ4n) is 3.33. The van der Waals surface area contributed by atoms with Gasteiger partial charge in [0, 0.05) is 49.9 Å². The Balaban J connectivity index is 1.48. The quantitative estimate of drug-likeness (QED) is 0.818. The number of nitrogens with one attached hydrogen (secondary N) is 1. The predicted molar refractivity (Wildman–Crippen MR) is 111 cm³/mol. The Bertz CT molecular complexity index is 789. The first-order valence-electron chi connectivity index (χ1n) is 9.24. The highest BCUT2D eigenvalue weighted by atomic mass is 35.5. The summed E-state index contributed by atoms with van der Waals surface area (Å²) in [6.07, 6.45) is 0.473. The summed E-state index contributed by atoms with van der Waals surface area (Å²) in [7, 11) is 1.69. The Morgan fingerprint density at radius 2 is 1.89 bits per heavy atom. The lowest BCUT2D eigenvalue weighted by molar-refractivity contribution is -0.131. The Morgan fingerprint density at radius 3 is 2.63 bits per heavy atom. The van der Waals surface area contributed by atoms with Crippen molar-refractivity contribution in [3.05, 3.63) is 53.1 Å². The minimum atomic E-state index is 0.182.